The normalized spacial score (nSPS) is 10.1. The van der Waals surface area contributed by atoms with Crippen LogP contribution in [0.5, 0.6) is 0 Å². The van der Waals surface area contributed by atoms with E-state index in [1.165, 1.54) is 0 Å². The van der Waals surface area contributed by atoms with Gasteiger partial charge in [0.1, 0.15) is 0 Å². The summed E-state index contributed by atoms with van der Waals surface area (Å²) in [6.07, 6.45) is 0.761. The fraction of sp³-hybridized carbons (Fsp3) is 0.300. The number of halogens is 2. The number of rotatable bonds is 4. The highest BCUT2D eigenvalue weighted by molar-refractivity contribution is 9.10. The summed E-state index contributed by atoms with van der Waals surface area (Å²) in [7, 11) is 0. The van der Waals surface area contributed by atoms with E-state index in [0.717, 1.165) is 10.9 Å². The summed E-state index contributed by atoms with van der Waals surface area (Å²) in [5.74, 6) is -0.172. The highest BCUT2D eigenvalue weighted by Crippen LogP contribution is 2.25. The summed E-state index contributed by atoms with van der Waals surface area (Å²) in [6.45, 7) is 1.13. The number of nitrogens with two attached hydrogens (primary N) is 1. The van der Waals surface area contributed by atoms with Gasteiger partial charge in [-0.25, -0.2) is 0 Å². The molecule has 0 fully saturated rings. The molecule has 0 saturated carbocycles. The number of carbonyl (C=O) groups is 1. The van der Waals surface area contributed by atoms with E-state index in [1.807, 2.05) is 0 Å². The third kappa shape index (κ3) is 3.48. The second kappa shape index (κ2) is 6.10. The number of carbonyl (C=O) groups excluding carboxylic acids is 1. The Morgan fingerprint density at radius 1 is 1.53 bits per heavy atom. The van der Waals surface area contributed by atoms with Crippen molar-refractivity contribution in [2.45, 2.75) is 6.42 Å². The van der Waals surface area contributed by atoms with Gasteiger partial charge in [0, 0.05) is 11.0 Å². The van der Waals surface area contributed by atoms with Crippen molar-refractivity contribution in [1.82, 2.24) is 5.32 Å². The average Bonchev–Trinajstić information content (AvgIpc) is 2.22. The van der Waals surface area contributed by atoms with E-state index in [4.69, 9.17) is 17.3 Å². The van der Waals surface area contributed by atoms with Crippen LogP contribution in [0.25, 0.3) is 0 Å². The van der Waals surface area contributed by atoms with Crippen molar-refractivity contribution in [1.29, 1.82) is 0 Å². The number of nitrogens with one attached hydrogen (secondary N) is 1. The molecule has 0 saturated heterocycles. The molecule has 0 aliphatic rings. The number of benzene rings is 1. The minimum Gasteiger partial charge on any atom is -0.352 e. The van der Waals surface area contributed by atoms with Gasteiger partial charge in [-0.3, -0.25) is 4.79 Å². The van der Waals surface area contributed by atoms with Crippen LogP contribution in [-0.2, 0) is 0 Å². The van der Waals surface area contributed by atoms with Crippen LogP contribution in [0.3, 0.4) is 0 Å². The zero-order chi connectivity index (χ0) is 11.3. The maximum Gasteiger partial charge on any atom is 0.252 e. The van der Waals surface area contributed by atoms with Gasteiger partial charge in [-0.05, 0) is 41.0 Å². The molecule has 82 valence electrons. The standard InChI is InChI=1S/C10H12BrClN2O/c11-8-4-1-3-7(9(8)12)10(15)14-6-2-5-13/h1,3-4H,2,5-6,13H2,(H,14,15). The lowest BCUT2D eigenvalue weighted by atomic mass is 10.2. The molecule has 0 unspecified atom stereocenters. The minimum atomic E-state index is -0.172. The van der Waals surface area contributed by atoms with Crippen molar-refractivity contribution < 1.29 is 4.79 Å². The Morgan fingerprint density at radius 2 is 2.27 bits per heavy atom. The Morgan fingerprint density at radius 3 is 2.93 bits per heavy atom. The largest absolute Gasteiger partial charge is 0.352 e. The van der Waals surface area contributed by atoms with Crippen LogP contribution in [0, 0.1) is 0 Å². The first-order chi connectivity index (χ1) is 7.16. The molecular weight excluding hydrogens is 279 g/mol. The van der Waals surface area contributed by atoms with Crippen LogP contribution in [0.15, 0.2) is 22.7 Å². The molecule has 0 aliphatic carbocycles. The molecule has 0 aromatic heterocycles. The second-order valence-electron chi connectivity index (χ2n) is 3.00. The molecule has 0 aliphatic heterocycles. The first-order valence-electron chi connectivity index (χ1n) is 4.59. The van der Waals surface area contributed by atoms with Gasteiger partial charge >= 0.3 is 0 Å². The zero-order valence-electron chi connectivity index (χ0n) is 8.09. The quantitative estimate of drug-likeness (QED) is 0.836. The van der Waals surface area contributed by atoms with Gasteiger partial charge in [-0.15, -0.1) is 0 Å². The van der Waals surface area contributed by atoms with Crippen molar-refractivity contribution in [2.24, 2.45) is 5.73 Å². The first kappa shape index (κ1) is 12.5. The van der Waals surface area contributed by atoms with Gasteiger partial charge in [-0.2, -0.15) is 0 Å². The highest BCUT2D eigenvalue weighted by atomic mass is 79.9. The molecule has 1 aromatic carbocycles. The Labute approximate surface area is 102 Å². The van der Waals surface area contributed by atoms with Gasteiger partial charge in [-0.1, -0.05) is 17.7 Å². The van der Waals surface area contributed by atoms with Gasteiger partial charge in [0.25, 0.3) is 5.91 Å². The Hall–Kier alpha value is -0.580. The summed E-state index contributed by atoms with van der Waals surface area (Å²) in [6, 6.07) is 5.25. The van der Waals surface area contributed by atoms with Crippen LogP contribution in [0.1, 0.15) is 16.8 Å². The van der Waals surface area contributed by atoms with E-state index < -0.39 is 0 Å². The summed E-state index contributed by atoms with van der Waals surface area (Å²) < 4.78 is 0.718. The molecule has 0 bridgehead atoms. The van der Waals surface area contributed by atoms with Crippen LogP contribution in [0.2, 0.25) is 5.02 Å². The monoisotopic (exact) mass is 290 g/mol. The molecule has 3 N–H and O–H groups in total. The third-order valence-electron chi connectivity index (χ3n) is 1.86. The minimum absolute atomic E-state index is 0.172. The van der Waals surface area contributed by atoms with E-state index >= 15 is 0 Å². The average molecular weight is 292 g/mol. The highest BCUT2D eigenvalue weighted by Gasteiger charge is 2.11. The molecule has 1 aromatic rings. The van der Waals surface area contributed by atoms with Gasteiger partial charge < -0.3 is 11.1 Å². The van der Waals surface area contributed by atoms with Crippen molar-refractivity contribution in [3.05, 3.63) is 33.3 Å². The van der Waals surface area contributed by atoms with Crippen molar-refractivity contribution in [2.75, 3.05) is 13.1 Å². The summed E-state index contributed by atoms with van der Waals surface area (Å²) in [5, 5.41) is 3.18. The van der Waals surface area contributed by atoms with Gasteiger partial charge in [0.15, 0.2) is 0 Å². The predicted molar refractivity (Wildman–Crippen MR) is 65.2 cm³/mol. The molecule has 15 heavy (non-hydrogen) atoms. The molecular formula is C10H12BrClN2O. The molecule has 0 spiro atoms. The zero-order valence-corrected chi connectivity index (χ0v) is 10.4. The van der Waals surface area contributed by atoms with Crippen LogP contribution in [-0.4, -0.2) is 19.0 Å². The molecule has 0 radical (unpaired) electrons. The third-order valence-corrected chi connectivity index (χ3v) is 3.16. The van der Waals surface area contributed by atoms with E-state index in [0.29, 0.717) is 23.7 Å². The SMILES string of the molecule is NCCCNC(=O)c1cccc(Br)c1Cl. The van der Waals surface area contributed by atoms with E-state index in [9.17, 15) is 4.79 Å². The van der Waals surface area contributed by atoms with Crippen molar-refractivity contribution in [3.8, 4) is 0 Å². The van der Waals surface area contributed by atoms with E-state index in [2.05, 4.69) is 21.2 Å². The van der Waals surface area contributed by atoms with Crippen LogP contribution >= 0.6 is 27.5 Å². The summed E-state index contributed by atoms with van der Waals surface area (Å²) >= 11 is 9.23. The lowest BCUT2D eigenvalue weighted by Gasteiger charge is -2.06. The van der Waals surface area contributed by atoms with Crippen molar-refractivity contribution in [3.63, 3.8) is 0 Å². The second-order valence-corrected chi connectivity index (χ2v) is 4.23. The lowest BCUT2D eigenvalue weighted by molar-refractivity contribution is 0.0953. The fourth-order valence-corrected chi connectivity index (χ4v) is 1.66. The molecule has 5 heteroatoms. The molecule has 1 amide bonds. The first-order valence-corrected chi connectivity index (χ1v) is 5.76. The van der Waals surface area contributed by atoms with Gasteiger partial charge in [0.05, 0.1) is 10.6 Å². The van der Waals surface area contributed by atoms with Crippen molar-refractivity contribution >= 4 is 33.4 Å². The molecule has 0 atom stereocenters. The smallest absolute Gasteiger partial charge is 0.252 e. The molecule has 1 rings (SSSR count). The predicted octanol–water partition coefficient (Wildman–Crippen LogP) is 2.18. The van der Waals surface area contributed by atoms with Crippen LogP contribution < -0.4 is 11.1 Å². The van der Waals surface area contributed by atoms with E-state index in [1.54, 1.807) is 18.2 Å². The topological polar surface area (TPSA) is 55.1 Å². The number of amides is 1. The summed E-state index contributed by atoms with van der Waals surface area (Å²) in [4.78, 5) is 11.6. The fourth-order valence-electron chi connectivity index (χ4n) is 1.08. The van der Waals surface area contributed by atoms with E-state index in [-0.39, 0.29) is 5.91 Å². The Bertz CT molecular complexity index is 357. The Balaban J connectivity index is 2.69. The molecule has 3 nitrogen and oxygen atoms in total. The molecule has 0 heterocycles. The lowest BCUT2D eigenvalue weighted by Crippen LogP contribution is -2.26. The maximum absolute atomic E-state index is 11.6. The number of hydrogen-bond donors (Lipinski definition) is 2. The maximum atomic E-state index is 11.6. The summed E-state index contributed by atoms with van der Waals surface area (Å²) in [5.41, 5.74) is 5.80. The Kier molecular flexibility index (Phi) is 5.08. The number of hydrogen-bond acceptors (Lipinski definition) is 2. The van der Waals surface area contributed by atoms with Gasteiger partial charge in [0.2, 0.25) is 0 Å². The van der Waals surface area contributed by atoms with Crippen LogP contribution in [0.4, 0.5) is 0 Å².